The normalized spacial score (nSPS) is 16.1. The highest BCUT2D eigenvalue weighted by atomic mass is 32.2. The molecule has 2 aromatic carbocycles. The molecule has 0 radical (unpaired) electrons. The largest absolute Gasteiger partial charge is 0.301 e. The molecule has 2 N–H and O–H groups in total. The molecule has 7 nitrogen and oxygen atoms in total. The Bertz CT molecular complexity index is 1040. The second-order valence-electron chi connectivity index (χ2n) is 7.61. The smallest absolute Gasteiger partial charge is 0.240 e. The second kappa shape index (κ2) is 8.53. The van der Waals surface area contributed by atoms with Crippen LogP contribution in [0.2, 0.25) is 0 Å². The molecule has 0 saturated heterocycles. The van der Waals surface area contributed by atoms with Crippen molar-refractivity contribution in [1.29, 1.82) is 0 Å². The van der Waals surface area contributed by atoms with Gasteiger partial charge in [-0.05, 0) is 63.7 Å². The lowest BCUT2D eigenvalue weighted by Gasteiger charge is -2.25. The van der Waals surface area contributed by atoms with Gasteiger partial charge in [-0.3, -0.25) is 0 Å². The van der Waals surface area contributed by atoms with Crippen molar-refractivity contribution in [2.24, 2.45) is 0 Å². The van der Waals surface area contributed by atoms with E-state index in [1.807, 2.05) is 50.2 Å². The van der Waals surface area contributed by atoms with Crippen molar-refractivity contribution >= 4 is 20.0 Å². The summed E-state index contributed by atoms with van der Waals surface area (Å²) >= 11 is 0. The van der Waals surface area contributed by atoms with E-state index >= 15 is 0 Å². The Hall–Kier alpha value is -1.78. The molecular formula is C20H27N3O4S2. The Balaban J connectivity index is 1.72. The molecule has 158 valence electrons. The predicted octanol–water partition coefficient (Wildman–Crippen LogP) is 2.02. The average Bonchev–Trinajstić information content (AvgIpc) is 3.46. The molecule has 1 saturated carbocycles. The Morgan fingerprint density at radius 1 is 0.897 bits per heavy atom. The fourth-order valence-electron chi connectivity index (χ4n) is 2.95. The van der Waals surface area contributed by atoms with E-state index in [-0.39, 0.29) is 28.4 Å². The highest BCUT2D eigenvalue weighted by Crippen LogP contribution is 2.23. The zero-order valence-electron chi connectivity index (χ0n) is 16.8. The van der Waals surface area contributed by atoms with Gasteiger partial charge in [0.05, 0.1) is 9.79 Å². The van der Waals surface area contributed by atoms with E-state index in [0.717, 1.165) is 24.0 Å². The second-order valence-corrected chi connectivity index (χ2v) is 11.1. The average molecular weight is 438 g/mol. The summed E-state index contributed by atoms with van der Waals surface area (Å²) in [4.78, 5) is 2.05. The number of benzene rings is 2. The van der Waals surface area contributed by atoms with Gasteiger partial charge in [-0.15, -0.1) is 0 Å². The first kappa shape index (κ1) is 21.9. The summed E-state index contributed by atoms with van der Waals surface area (Å²) in [7, 11) is -3.59. The van der Waals surface area contributed by atoms with Crippen LogP contribution in [0.1, 0.15) is 30.0 Å². The van der Waals surface area contributed by atoms with Gasteiger partial charge in [-0.1, -0.05) is 29.8 Å². The monoisotopic (exact) mass is 437 g/mol. The Morgan fingerprint density at radius 2 is 1.41 bits per heavy atom. The van der Waals surface area contributed by atoms with Gasteiger partial charge in [0.1, 0.15) is 0 Å². The number of nitrogens with zero attached hydrogens (tertiary/aromatic N) is 1. The maximum Gasteiger partial charge on any atom is 0.240 e. The molecule has 3 rings (SSSR count). The Kier molecular flexibility index (Phi) is 6.45. The van der Waals surface area contributed by atoms with Crippen molar-refractivity contribution in [2.75, 3.05) is 20.6 Å². The van der Waals surface area contributed by atoms with Gasteiger partial charge in [0, 0.05) is 18.6 Å². The molecule has 1 fully saturated rings. The van der Waals surface area contributed by atoms with Crippen molar-refractivity contribution in [3.05, 3.63) is 59.7 Å². The topological polar surface area (TPSA) is 95.6 Å². The summed E-state index contributed by atoms with van der Waals surface area (Å²) in [5.74, 6) is 0. The molecule has 0 amide bonds. The molecule has 29 heavy (non-hydrogen) atoms. The molecule has 2 aromatic rings. The minimum atomic E-state index is -3.77. The van der Waals surface area contributed by atoms with Crippen molar-refractivity contribution in [3.8, 4) is 0 Å². The lowest BCUT2D eigenvalue weighted by molar-refractivity contribution is 0.299. The summed E-state index contributed by atoms with van der Waals surface area (Å²) < 4.78 is 55.1. The summed E-state index contributed by atoms with van der Waals surface area (Å²) in [6.07, 6.45) is 1.67. The van der Waals surface area contributed by atoms with Crippen LogP contribution in [0, 0.1) is 6.92 Å². The van der Waals surface area contributed by atoms with Crippen LogP contribution in [0.25, 0.3) is 0 Å². The van der Waals surface area contributed by atoms with E-state index in [0.29, 0.717) is 0 Å². The molecule has 1 aliphatic carbocycles. The lowest BCUT2D eigenvalue weighted by Crippen LogP contribution is -2.34. The molecule has 1 unspecified atom stereocenters. The van der Waals surface area contributed by atoms with Crippen LogP contribution in [0.15, 0.2) is 58.3 Å². The van der Waals surface area contributed by atoms with Crippen LogP contribution >= 0.6 is 0 Å². The van der Waals surface area contributed by atoms with Crippen LogP contribution < -0.4 is 9.44 Å². The quantitative estimate of drug-likeness (QED) is 0.626. The number of aryl methyl sites for hydroxylation is 1. The first-order chi connectivity index (χ1) is 13.6. The predicted molar refractivity (Wildman–Crippen MR) is 113 cm³/mol. The van der Waals surface area contributed by atoms with Gasteiger partial charge in [0.15, 0.2) is 0 Å². The van der Waals surface area contributed by atoms with E-state index in [1.165, 1.54) is 24.3 Å². The van der Waals surface area contributed by atoms with Gasteiger partial charge in [0.25, 0.3) is 0 Å². The molecule has 0 spiro atoms. The highest BCUT2D eigenvalue weighted by molar-refractivity contribution is 7.90. The van der Waals surface area contributed by atoms with Crippen molar-refractivity contribution in [2.45, 2.75) is 41.6 Å². The number of sulfonamides is 2. The first-order valence-electron chi connectivity index (χ1n) is 9.43. The molecule has 0 aliphatic heterocycles. The van der Waals surface area contributed by atoms with E-state index in [4.69, 9.17) is 0 Å². The molecule has 0 heterocycles. The summed E-state index contributed by atoms with van der Waals surface area (Å²) in [6.45, 7) is 2.20. The van der Waals surface area contributed by atoms with Crippen LogP contribution in [0.4, 0.5) is 0 Å². The van der Waals surface area contributed by atoms with E-state index in [2.05, 4.69) is 9.44 Å². The first-order valence-corrected chi connectivity index (χ1v) is 12.4. The number of nitrogens with one attached hydrogen (secondary N) is 2. The summed E-state index contributed by atoms with van der Waals surface area (Å²) in [6, 6.07) is 13.1. The Morgan fingerprint density at radius 3 is 1.90 bits per heavy atom. The van der Waals surface area contributed by atoms with E-state index in [1.54, 1.807) is 0 Å². The van der Waals surface area contributed by atoms with E-state index in [9.17, 15) is 16.8 Å². The number of hydrogen-bond acceptors (Lipinski definition) is 5. The maximum atomic E-state index is 12.7. The standard InChI is InChI=1S/C20H27N3O4S2/c1-15-4-6-16(7-5-15)20(23(2)3)14-21-28(24,25)18-10-12-19(13-11-18)29(26,27)22-17-8-9-17/h4-7,10-13,17,20-22H,8-9,14H2,1-3H3. The fraction of sp³-hybridized carbons (Fsp3) is 0.400. The van der Waals surface area contributed by atoms with E-state index < -0.39 is 20.0 Å². The third-order valence-corrected chi connectivity index (χ3v) is 7.87. The minimum absolute atomic E-state index is 0.00480. The SMILES string of the molecule is Cc1ccc(C(CNS(=O)(=O)c2ccc(S(=O)(=O)NC3CC3)cc2)N(C)C)cc1. The van der Waals surface area contributed by atoms with Crippen LogP contribution in [-0.4, -0.2) is 48.4 Å². The summed E-state index contributed by atoms with van der Waals surface area (Å²) in [5.41, 5.74) is 2.15. The lowest BCUT2D eigenvalue weighted by atomic mass is 10.0. The molecule has 1 aliphatic rings. The third-order valence-electron chi connectivity index (χ3n) is 4.90. The van der Waals surface area contributed by atoms with Gasteiger partial charge >= 0.3 is 0 Å². The highest BCUT2D eigenvalue weighted by Gasteiger charge is 2.28. The Labute approximate surface area is 173 Å². The summed E-state index contributed by atoms with van der Waals surface area (Å²) in [5, 5.41) is 0. The van der Waals surface area contributed by atoms with Crippen LogP contribution in [0.5, 0.6) is 0 Å². The van der Waals surface area contributed by atoms with Crippen molar-refractivity contribution < 1.29 is 16.8 Å². The third kappa shape index (κ3) is 5.64. The van der Waals surface area contributed by atoms with Gasteiger partial charge in [-0.25, -0.2) is 26.3 Å². The van der Waals surface area contributed by atoms with Crippen molar-refractivity contribution in [1.82, 2.24) is 14.3 Å². The minimum Gasteiger partial charge on any atom is -0.301 e. The van der Waals surface area contributed by atoms with Gasteiger partial charge in [0.2, 0.25) is 20.0 Å². The maximum absolute atomic E-state index is 12.7. The molecule has 9 heteroatoms. The van der Waals surface area contributed by atoms with Crippen LogP contribution in [-0.2, 0) is 20.0 Å². The molecule has 0 aromatic heterocycles. The molecule has 1 atom stereocenters. The van der Waals surface area contributed by atoms with Crippen LogP contribution in [0.3, 0.4) is 0 Å². The zero-order valence-corrected chi connectivity index (χ0v) is 18.4. The van der Waals surface area contributed by atoms with Gasteiger partial charge < -0.3 is 4.90 Å². The number of hydrogen-bond donors (Lipinski definition) is 2. The number of likely N-dealkylation sites (N-methyl/N-ethyl adjacent to an activating group) is 1. The molecule has 0 bridgehead atoms. The van der Waals surface area contributed by atoms with Crippen molar-refractivity contribution in [3.63, 3.8) is 0 Å². The number of rotatable bonds is 9. The van der Waals surface area contributed by atoms with Gasteiger partial charge in [-0.2, -0.15) is 0 Å². The fourth-order valence-corrected chi connectivity index (χ4v) is 5.29. The zero-order chi connectivity index (χ0) is 21.2. The molecular weight excluding hydrogens is 410 g/mol.